The van der Waals surface area contributed by atoms with Gasteiger partial charge in [-0.1, -0.05) is 39.0 Å². The van der Waals surface area contributed by atoms with Crippen molar-refractivity contribution in [2.45, 2.75) is 26.8 Å². The van der Waals surface area contributed by atoms with E-state index in [0.29, 0.717) is 6.54 Å². The Hall–Kier alpha value is -1.32. The van der Waals surface area contributed by atoms with E-state index in [-0.39, 0.29) is 18.1 Å². The molecule has 2 aromatic rings. The van der Waals surface area contributed by atoms with Crippen molar-refractivity contribution in [2.75, 3.05) is 13.2 Å². The van der Waals surface area contributed by atoms with Crippen LogP contribution in [0.3, 0.4) is 0 Å². The van der Waals surface area contributed by atoms with Gasteiger partial charge in [-0.15, -0.1) is 0 Å². The highest BCUT2D eigenvalue weighted by Gasteiger charge is 2.28. The van der Waals surface area contributed by atoms with E-state index in [1.807, 2.05) is 24.3 Å². The van der Waals surface area contributed by atoms with Crippen molar-refractivity contribution >= 4 is 11.0 Å². The first-order chi connectivity index (χ1) is 8.52. The van der Waals surface area contributed by atoms with E-state index in [2.05, 4.69) is 32.2 Å². The quantitative estimate of drug-likeness (QED) is 0.872. The van der Waals surface area contributed by atoms with Crippen LogP contribution in [0.4, 0.5) is 0 Å². The molecule has 1 heterocycles. The lowest BCUT2D eigenvalue weighted by Crippen LogP contribution is -2.33. The van der Waals surface area contributed by atoms with Crippen LogP contribution in [-0.2, 0) is 0 Å². The van der Waals surface area contributed by atoms with E-state index in [1.165, 1.54) is 0 Å². The van der Waals surface area contributed by atoms with E-state index >= 15 is 0 Å². The van der Waals surface area contributed by atoms with Crippen LogP contribution in [0.25, 0.3) is 11.0 Å². The zero-order valence-electron chi connectivity index (χ0n) is 11.2. The molecule has 3 nitrogen and oxygen atoms in total. The third-order valence-electron chi connectivity index (χ3n) is 3.06. The molecule has 1 aromatic heterocycles. The molecule has 0 aliphatic carbocycles. The van der Waals surface area contributed by atoms with Gasteiger partial charge < -0.3 is 14.8 Å². The Morgan fingerprint density at radius 3 is 2.61 bits per heavy atom. The van der Waals surface area contributed by atoms with Gasteiger partial charge in [0.05, 0.1) is 12.6 Å². The number of hydrogen-bond acceptors (Lipinski definition) is 3. The summed E-state index contributed by atoms with van der Waals surface area (Å²) in [5.74, 6) is 0.928. The third kappa shape index (κ3) is 2.74. The van der Waals surface area contributed by atoms with Crippen LogP contribution in [0.2, 0.25) is 0 Å². The number of furan rings is 1. The second-order valence-corrected chi connectivity index (χ2v) is 5.66. The van der Waals surface area contributed by atoms with Crippen molar-refractivity contribution in [2.24, 2.45) is 5.41 Å². The second-order valence-electron chi connectivity index (χ2n) is 5.66. The van der Waals surface area contributed by atoms with Crippen molar-refractivity contribution in [3.8, 4) is 0 Å². The summed E-state index contributed by atoms with van der Waals surface area (Å²) in [5.41, 5.74) is 0.941. The minimum absolute atomic E-state index is 0.0308. The molecule has 0 saturated heterocycles. The molecule has 0 radical (unpaired) electrons. The van der Waals surface area contributed by atoms with Gasteiger partial charge in [0.2, 0.25) is 0 Å². The van der Waals surface area contributed by atoms with Crippen LogP contribution < -0.4 is 5.32 Å². The molecule has 18 heavy (non-hydrogen) atoms. The lowest BCUT2D eigenvalue weighted by molar-refractivity contribution is 0.216. The zero-order chi connectivity index (χ0) is 13.2. The summed E-state index contributed by atoms with van der Waals surface area (Å²) in [6.07, 6.45) is 0. The summed E-state index contributed by atoms with van der Waals surface area (Å²) in [6, 6.07) is 10.2. The fourth-order valence-corrected chi connectivity index (χ4v) is 2.19. The number of rotatable bonds is 4. The standard InChI is InChI=1S/C15H21NO2/c1-15(2,3)14(16-8-9-17)13-10-11-6-4-5-7-12(11)18-13/h4-7,10,14,16-17H,8-9H2,1-3H3. The number of aliphatic hydroxyl groups excluding tert-OH is 1. The van der Waals surface area contributed by atoms with Gasteiger partial charge in [-0.2, -0.15) is 0 Å². The Bertz CT molecular complexity index is 477. The lowest BCUT2D eigenvalue weighted by atomic mass is 9.85. The van der Waals surface area contributed by atoms with Crippen molar-refractivity contribution in [1.82, 2.24) is 5.32 Å². The van der Waals surface area contributed by atoms with Gasteiger partial charge in [0.1, 0.15) is 11.3 Å². The molecule has 0 bridgehead atoms. The predicted octanol–water partition coefficient (Wildman–Crippen LogP) is 3.10. The van der Waals surface area contributed by atoms with E-state index in [0.717, 1.165) is 16.7 Å². The van der Waals surface area contributed by atoms with Crippen LogP contribution in [0.1, 0.15) is 32.6 Å². The van der Waals surface area contributed by atoms with E-state index in [1.54, 1.807) is 0 Å². The Labute approximate surface area is 108 Å². The van der Waals surface area contributed by atoms with E-state index in [9.17, 15) is 0 Å². The molecule has 0 fully saturated rings. The molecule has 0 amide bonds. The summed E-state index contributed by atoms with van der Waals surface area (Å²) in [4.78, 5) is 0. The molecular formula is C15H21NO2. The summed E-state index contributed by atoms with van der Waals surface area (Å²) in [7, 11) is 0. The van der Waals surface area contributed by atoms with E-state index in [4.69, 9.17) is 9.52 Å². The second kappa shape index (κ2) is 5.12. The van der Waals surface area contributed by atoms with Crippen LogP contribution in [0.15, 0.2) is 34.7 Å². The average Bonchev–Trinajstić information content (AvgIpc) is 2.70. The highest BCUT2D eigenvalue weighted by atomic mass is 16.3. The summed E-state index contributed by atoms with van der Waals surface area (Å²) < 4.78 is 5.91. The molecular weight excluding hydrogens is 226 g/mol. The van der Waals surface area contributed by atoms with Crippen molar-refractivity contribution in [1.29, 1.82) is 0 Å². The maximum atomic E-state index is 8.97. The molecule has 0 aliphatic rings. The Kier molecular flexibility index (Phi) is 3.73. The topological polar surface area (TPSA) is 45.4 Å². The van der Waals surface area contributed by atoms with Gasteiger partial charge in [-0.25, -0.2) is 0 Å². The fourth-order valence-electron chi connectivity index (χ4n) is 2.19. The third-order valence-corrected chi connectivity index (χ3v) is 3.06. The van der Waals surface area contributed by atoms with Gasteiger partial charge in [0.25, 0.3) is 0 Å². The smallest absolute Gasteiger partial charge is 0.134 e. The molecule has 0 aliphatic heterocycles. The fraction of sp³-hybridized carbons (Fsp3) is 0.467. The zero-order valence-corrected chi connectivity index (χ0v) is 11.2. The largest absolute Gasteiger partial charge is 0.459 e. The van der Waals surface area contributed by atoms with Gasteiger partial charge in [0, 0.05) is 11.9 Å². The monoisotopic (exact) mass is 247 g/mol. The highest BCUT2D eigenvalue weighted by molar-refractivity contribution is 5.77. The maximum absolute atomic E-state index is 8.97. The number of aliphatic hydroxyl groups is 1. The van der Waals surface area contributed by atoms with Gasteiger partial charge >= 0.3 is 0 Å². The first kappa shape index (κ1) is 13.1. The Balaban J connectivity index is 2.35. The van der Waals surface area contributed by atoms with E-state index < -0.39 is 0 Å². The number of hydrogen-bond donors (Lipinski definition) is 2. The van der Waals surface area contributed by atoms with Gasteiger partial charge in [-0.3, -0.25) is 0 Å². The highest BCUT2D eigenvalue weighted by Crippen LogP contribution is 2.35. The summed E-state index contributed by atoms with van der Waals surface area (Å²) >= 11 is 0. The average molecular weight is 247 g/mol. The minimum atomic E-state index is 0.0308. The Morgan fingerprint density at radius 1 is 1.28 bits per heavy atom. The predicted molar refractivity (Wildman–Crippen MR) is 73.5 cm³/mol. The summed E-state index contributed by atoms with van der Waals surface area (Å²) in [6.45, 7) is 7.19. The number of benzene rings is 1. The molecule has 1 aromatic carbocycles. The molecule has 1 unspecified atom stereocenters. The van der Waals surface area contributed by atoms with Crippen LogP contribution in [-0.4, -0.2) is 18.3 Å². The molecule has 2 rings (SSSR count). The number of para-hydroxylation sites is 1. The molecule has 1 atom stereocenters. The Morgan fingerprint density at radius 2 is 2.00 bits per heavy atom. The lowest BCUT2D eigenvalue weighted by Gasteiger charge is -2.29. The van der Waals surface area contributed by atoms with Crippen LogP contribution >= 0.6 is 0 Å². The molecule has 3 heteroatoms. The molecule has 98 valence electrons. The SMILES string of the molecule is CC(C)(C)C(NCCO)c1cc2ccccc2o1. The van der Waals surface area contributed by atoms with Crippen molar-refractivity contribution < 1.29 is 9.52 Å². The first-order valence-electron chi connectivity index (χ1n) is 6.35. The van der Waals surface area contributed by atoms with Gasteiger partial charge in [0.15, 0.2) is 0 Å². The number of nitrogens with one attached hydrogen (secondary N) is 1. The first-order valence-corrected chi connectivity index (χ1v) is 6.35. The van der Waals surface area contributed by atoms with Crippen molar-refractivity contribution in [3.05, 3.63) is 36.1 Å². The maximum Gasteiger partial charge on any atom is 0.134 e. The normalized spacial score (nSPS) is 14.0. The van der Waals surface area contributed by atoms with Crippen LogP contribution in [0.5, 0.6) is 0 Å². The van der Waals surface area contributed by atoms with Gasteiger partial charge in [-0.05, 0) is 17.5 Å². The molecule has 0 saturated carbocycles. The molecule has 2 N–H and O–H groups in total. The van der Waals surface area contributed by atoms with Crippen molar-refractivity contribution in [3.63, 3.8) is 0 Å². The summed E-state index contributed by atoms with van der Waals surface area (Å²) in [5, 5.41) is 13.4. The van der Waals surface area contributed by atoms with Crippen LogP contribution in [0, 0.1) is 5.41 Å². The minimum Gasteiger partial charge on any atom is -0.459 e. The number of fused-ring (bicyclic) bond motifs is 1. The molecule has 0 spiro atoms.